The van der Waals surface area contributed by atoms with Crippen LogP contribution in [0.4, 0.5) is 5.69 Å². The number of fused-ring (bicyclic) bond motifs is 1. The third-order valence-electron chi connectivity index (χ3n) is 6.82. The lowest BCUT2D eigenvalue weighted by Crippen LogP contribution is -2.65. The van der Waals surface area contributed by atoms with Crippen LogP contribution in [-0.2, 0) is 16.8 Å². The van der Waals surface area contributed by atoms with Gasteiger partial charge in [-0.05, 0) is 62.9 Å². The summed E-state index contributed by atoms with van der Waals surface area (Å²) in [6, 6.07) is 8.13. The van der Waals surface area contributed by atoms with Gasteiger partial charge in [0.15, 0.2) is 0 Å². The van der Waals surface area contributed by atoms with Crippen molar-refractivity contribution in [2.45, 2.75) is 97.2 Å². The molecule has 1 N–H and O–H groups in total. The minimum Gasteiger partial charge on any atom is -0.351 e. The molecule has 2 aromatic rings. The first-order valence-electron chi connectivity index (χ1n) is 11.8. The average Bonchev–Trinajstić information content (AvgIpc) is 3.12. The fourth-order valence-corrected chi connectivity index (χ4v) is 5.02. The molecule has 2 aliphatic rings. The van der Waals surface area contributed by atoms with Crippen LogP contribution in [0, 0.1) is 13.8 Å². The predicted molar refractivity (Wildman–Crippen MR) is 127 cm³/mol. The lowest BCUT2D eigenvalue weighted by molar-refractivity contribution is -0.127. The number of aryl methyl sites for hydroxylation is 2. The molecule has 0 radical (unpaired) electrons. The quantitative estimate of drug-likeness (QED) is 0.761. The van der Waals surface area contributed by atoms with Crippen molar-refractivity contribution >= 4 is 17.5 Å². The van der Waals surface area contributed by atoms with Crippen LogP contribution in [0.5, 0.6) is 0 Å². The summed E-state index contributed by atoms with van der Waals surface area (Å²) < 4.78 is 1.74. The van der Waals surface area contributed by atoms with E-state index >= 15 is 0 Å². The molecule has 1 aromatic carbocycles. The van der Waals surface area contributed by atoms with Crippen molar-refractivity contribution in [1.29, 1.82) is 0 Å². The fraction of sp³-hybridized carbons (Fsp3) is 0.577. The van der Waals surface area contributed by atoms with Gasteiger partial charge in [-0.2, -0.15) is 5.10 Å². The predicted octanol–water partition coefficient (Wildman–Crippen LogP) is 4.67. The van der Waals surface area contributed by atoms with Crippen molar-refractivity contribution in [2.75, 3.05) is 4.90 Å². The summed E-state index contributed by atoms with van der Waals surface area (Å²) in [7, 11) is 0. The van der Waals surface area contributed by atoms with Gasteiger partial charge in [-0.3, -0.25) is 19.2 Å². The van der Waals surface area contributed by atoms with Crippen LogP contribution in [0.25, 0.3) is 0 Å². The van der Waals surface area contributed by atoms with E-state index in [2.05, 4.69) is 32.2 Å². The number of nitrogens with one attached hydrogen (secondary N) is 1. The zero-order valence-corrected chi connectivity index (χ0v) is 20.3. The Morgan fingerprint density at radius 1 is 1.06 bits per heavy atom. The van der Waals surface area contributed by atoms with E-state index in [-0.39, 0.29) is 23.3 Å². The number of nitrogens with zero attached hydrogens (tertiary/aromatic N) is 3. The van der Waals surface area contributed by atoms with Gasteiger partial charge in [0.25, 0.3) is 5.91 Å². The first-order valence-corrected chi connectivity index (χ1v) is 11.8. The van der Waals surface area contributed by atoms with E-state index in [1.807, 2.05) is 39.0 Å². The molecule has 32 heavy (non-hydrogen) atoms. The Bertz CT molecular complexity index is 1020. The van der Waals surface area contributed by atoms with Crippen molar-refractivity contribution < 1.29 is 9.59 Å². The fourth-order valence-electron chi connectivity index (χ4n) is 5.02. The Morgan fingerprint density at radius 3 is 2.28 bits per heavy atom. The van der Waals surface area contributed by atoms with Gasteiger partial charge >= 0.3 is 0 Å². The van der Waals surface area contributed by atoms with Gasteiger partial charge in [-0.1, -0.05) is 46.1 Å². The maximum atomic E-state index is 13.9. The molecule has 1 fully saturated rings. The van der Waals surface area contributed by atoms with E-state index < -0.39 is 5.54 Å². The Labute approximate surface area is 191 Å². The highest BCUT2D eigenvalue weighted by Gasteiger charge is 2.49. The molecule has 172 valence electrons. The second-order valence-electron chi connectivity index (χ2n) is 10.9. The van der Waals surface area contributed by atoms with Crippen LogP contribution in [0.2, 0.25) is 0 Å². The first-order chi connectivity index (χ1) is 15.0. The highest BCUT2D eigenvalue weighted by molar-refractivity contribution is 6.12. The van der Waals surface area contributed by atoms with E-state index in [9.17, 15) is 9.59 Å². The van der Waals surface area contributed by atoms with Crippen molar-refractivity contribution in [3.05, 3.63) is 46.8 Å². The van der Waals surface area contributed by atoms with Crippen molar-refractivity contribution in [2.24, 2.45) is 0 Å². The minimum atomic E-state index is -1.07. The SMILES string of the molecule is Cc1cc(C)cc(N2C(=O)c3cc(C(C)(C)C)nn3C[C@]2(C)C(=O)NC2CCCCC2)c1. The molecule has 1 saturated carbocycles. The highest BCUT2D eigenvalue weighted by Crippen LogP contribution is 2.35. The van der Waals surface area contributed by atoms with Crippen LogP contribution in [-0.4, -0.2) is 33.2 Å². The van der Waals surface area contributed by atoms with E-state index in [0.717, 1.165) is 48.2 Å². The number of benzene rings is 1. The number of carbonyl (C=O) groups is 2. The molecule has 1 aliphatic carbocycles. The second-order valence-corrected chi connectivity index (χ2v) is 10.9. The molecule has 2 heterocycles. The zero-order chi connectivity index (χ0) is 23.3. The van der Waals surface area contributed by atoms with Crippen LogP contribution in [0.3, 0.4) is 0 Å². The summed E-state index contributed by atoms with van der Waals surface area (Å²) in [5, 5.41) is 8.02. The molecular formula is C26H36N4O2. The lowest BCUT2D eigenvalue weighted by atomic mass is 9.90. The van der Waals surface area contributed by atoms with Crippen LogP contribution in [0.15, 0.2) is 24.3 Å². The van der Waals surface area contributed by atoms with E-state index in [1.165, 1.54) is 6.42 Å². The topological polar surface area (TPSA) is 67.2 Å². The van der Waals surface area contributed by atoms with Crippen LogP contribution < -0.4 is 10.2 Å². The maximum Gasteiger partial charge on any atom is 0.277 e. The molecule has 0 unspecified atom stereocenters. The zero-order valence-electron chi connectivity index (χ0n) is 20.3. The van der Waals surface area contributed by atoms with Gasteiger partial charge in [-0.15, -0.1) is 0 Å². The number of carbonyl (C=O) groups excluding carboxylic acids is 2. The smallest absolute Gasteiger partial charge is 0.277 e. The van der Waals surface area contributed by atoms with Gasteiger partial charge in [-0.25, -0.2) is 0 Å². The van der Waals surface area contributed by atoms with E-state index in [1.54, 1.807) is 9.58 Å². The normalized spacial score (nSPS) is 22.1. The summed E-state index contributed by atoms with van der Waals surface area (Å²) in [5.74, 6) is -0.277. The lowest BCUT2D eigenvalue weighted by Gasteiger charge is -2.44. The highest BCUT2D eigenvalue weighted by atomic mass is 16.2. The number of amides is 2. The number of hydrogen-bond acceptors (Lipinski definition) is 3. The molecule has 1 aliphatic heterocycles. The summed E-state index contributed by atoms with van der Waals surface area (Å²) >= 11 is 0. The van der Waals surface area contributed by atoms with E-state index in [0.29, 0.717) is 12.2 Å². The van der Waals surface area contributed by atoms with E-state index in [4.69, 9.17) is 5.10 Å². The maximum absolute atomic E-state index is 13.9. The molecule has 1 atom stereocenters. The van der Waals surface area contributed by atoms with Gasteiger partial charge in [0.1, 0.15) is 11.2 Å². The van der Waals surface area contributed by atoms with Gasteiger partial charge in [0.2, 0.25) is 5.91 Å². The van der Waals surface area contributed by atoms with Gasteiger partial charge < -0.3 is 5.32 Å². The summed E-state index contributed by atoms with van der Waals surface area (Å²) in [5.41, 5.74) is 3.04. The largest absolute Gasteiger partial charge is 0.351 e. The van der Waals surface area contributed by atoms with Gasteiger partial charge in [0.05, 0.1) is 12.2 Å². The third-order valence-corrected chi connectivity index (χ3v) is 6.82. The molecular weight excluding hydrogens is 400 g/mol. The second kappa shape index (κ2) is 8.05. The standard InChI is InChI=1S/C26H36N4O2/c1-17-12-18(2)14-20(13-17)30-23(31)21-15-22(25(3,4)5)28-29(21)16-26(30,6)24(32)27-19-10-8-7-9-11-19/h12-15,19H,7-11,16H2,1-6H3,(H,27,32)/t26-/m1/s1. The number of rotatable bonds is 3. The monoisotopic (exact) mass is 436 g/mol. The molecule has 6 nitrogen and oxygen atoms in total. The molecule has 6 heteroatoms. The third kappa shape index (κ3) is 4.07. The molecule has 2 amide bonds. The van der Waals surface area contributed by atoms with Crippen LogP contribution in [0.1, 0.15) is 87.1 Å². The summed E-state index contributed by atoms with van der Waals surface area (Å²) in [6.07, 6.45) is 5.50. The first kappa shape index (κ1) is 22.6. The van der Waals surface area contributed by atoms with Crippen molar-refractivity contribution in [1.82, 2.24) is 15.1 Å². The molecule has 4 rings (SSSR count). The van der Waals surface area contributed by atoms with Gasteiger partial charge in [0, 0.05) is 17.1 Å². The summed E-state index contributed by atoms with van der Waals surface area (Å²) in [4.78, 5) is 29.3. The number of aromatic nitrogens is 2. The van der Waals surface area contributed by atoms with Crippen LogP contribution >= 0.6 is 0 Å². The van der Waals surface area contributed by atoms with Crippen molar-refractivity contribution in [3.63, 3.8) is 0 Å². The molecule has 0 saturated heterocycles. The Morgan fingerprint density at radius 2 is 1.69 bits per heavy atom. The average molecular weight is 437 g/mol. The Hall–Kier alpha value is -2.63. The Balaban J connectivity index is 1.79. The molecule has 0 bridgehead atoms. The number of hydrogen-bond donors (Lipinski definition) is 1. The number of anilines is 1. The Kier molecular flexibility index (Phi) is 5.68. The summed E-state index contributed by atoms with van der Waals surface area (Å²) in [6.45, 7) is 12.5. The molecule has 0 spiro atoms. The molecule has 1 aromatic heterocycles. The van der Waals surface area contributed by atoms with Crippen molar-refractivity contribution in [3.8, 4) is 0 Å². The minimum absolute atomic E-state index is 0.102.